The number of ether oxygens (including phenoxy) is 4. The van der Waals surface area contributed by atoms with Gasteiger partial charge in [-0.05, 0) is 64.6 Å². The molecule has 2 fully saturated rings. The Labute approximate surface area is 247 Å². The van der Waals surface area contributed by atoms with Crippen LogP contribution in [0, 0.1) is 5.92 Å². The number of aliphatic hydroxyl groups is 5. The Morgan fingerprint density at radius 2 is 1.79 bits per heavy atom. The third kappa shape index (κ3) is 9.01. The summed E-state index contributed by atoms with van der Waals surface area (Å²) in [4.78, 5) is 0. The topological polar surface area (TPSA) is 266 Å². The van der Waals surface area contributed by atoms with E-state index in [9.17, 15) is 25.5 Å². The van der Waals surface area contributed by atoms with Gasteiger partial charge in [-0.15, -0.1) is 0 Å². The van der Waals surface area contributed by atoms with Gasteiger partial charge in [-0.1, -0.05) is 0 Å². The van der Waals surface area contributed by atoms with Gasteiger partial charge in [0.15, 0.2) is 6.29 Å². The lowest BCUT2D eigenvalue weighted by Gasteiger charge is -2.49. The number of rotatable bonds is 15. The molecule has 42 heavy (non-hydrogen) atoms. The molecule has 0 aromatic rings. The molecule has 15 nitrogen and oxygen atoms in total. The predicted octanol–water partition coefficient (Wildman–Crippen LogP) is -4.12. The Morgan fingerprint density at radius 3 is 2.43 bits per heavy atom. The van der Waals surface area contributed by atoms with Crippen molar-refractivity contribution in [2.45, 2.75) is 112 Å². The highest BCUT2D eigenvalue weighted by molar-refractivity contribution is 5.04. The fourth-order valence-corrected chi connectivity index (χ4v) is 6.06. The van der Waals surface area contributed by atoms with Gasteiger partial charge in [0.2, 0.25) is 6.29 Å². The molecule has 0 bridgehead atoms. The predicted molar refractivity (Wildman–Crippen MR) is 153 cm³/mol. The number of nitrogens with one attached hydrogen (secondary N) is 2. The van der Waals surface area contributed by atoms with Crippen molar-refractivity contribution < 1.29 is 44.5 Å². The van der Waals surface area contributed by atoms with Gasteiger partial charge in [0, 0.05) is 19.1 Å². The molecule has 15 N–H and O–H groups in total. The SMILES string of the molecule is CN[C@@H]1[C@@H](O)[C@@H](O[C@H]2[C@H](CCC(O)CN)C[C@H](N)C(O[C@H]3OC(CN)=CC[C@H]3NCC(O)CCN)[C@@H]2O)OC[C@]1(C)O. The van der Waals surface area contributed by atoms with E-state index in [2.05, 4.69) is 10.6 Å². The van der Waals surface area contributed by atoms with Gasteiger partial charge >= 0.3 is 0 Å². The Kier molecular flexibility index (Phi) is 13.8. The van der Waals surface area contributed by atoms with Gasteiger partial charge in [-0.25, -0.2) is 0 Å². The lowest BCUT2D eigenvalue weighted by Crippen LogP contribution is -2.67. The smallest absolute Gasteiger partial charge is 0.215 e. The molecule has 0 amide bonds. The van der Waals surface area contributed by atoms with Crippen LogP contribution in [0.5, 0.6) is 0 Å². The van der Waals surface area contributed by atoms with Crippen LogP contribution >= 0.6 is 0 Å². The summed E-state index contributed by atoms with van der Waals surface area (Å²) in [6, 6.07) is -1.74. The van der Waals surface area contributed by atoms with E-state index in [-0.39, 0.29) is 38.2 Å². The molecule has 0 aromatic heterocycles. The zero-order valence-electron chi connectivity index (χ0n) is 24.8. The summed E-state index contributed by atoms with van der Waals surface area (Å²) in [5.41, 5.74) is 22.2. The number of nitrogens with two attached hydrogens (primary N) is 4. The van der Waals surface area contributed by atoms with Crippen molar-refractivity contribution in [3.63, 3.8) is 0 Å². The summed E-state index contributed by atoms with van der Waals surface area (Å²) in [7, 11) is 1.62. The van der Waals surface area contributed by atoms with E-state index in [1.807, 2.05) is 6.08 Å². The van der Waals surface area contributed by atoms with E-state index < -0.39 is 66.9 Å². The maximum atomic E-state index is 11.7. The van der Waals surface area contributed by atoms with Gasteiger partial charge in [0.05, 0.1) is 43.5 Å². The highest BCUT2D eigenvalue weighted by atomic mass is 16.7. The zero-order chi connectivity index (χ0) is 31.0. The van der Waals surface area contributed by atoms with Gasteiger partial charge < -0.3 is 78.0 Å². The molecule has 15 heteroatoms. The number of likely N-dealkylation sites (N-methyl/N-ethyl adjacent to an activating group) is 1. The van der Waals surface area contributed by atoms with E-state index in [1.54, 1.807) is 14.0 Å². The first-order valence-electron chi connectivity index (χ1n) is 14.9. The molecule has 3 rings (SSSR count). The molecule has 3 aliphatic rings. The van der Waals surface area contributed by atoms with Crippen LogP contribution in [0.2, 0.25) is 0 Å². The molecule has 2 heterocycles. The minimum atomic E-state index is -1.34. The van der Waals surface area contributed by atoms with Crippen LogP contribution in [0.1, 0.15) is 39.0 Å². The molecule has 2 aliphatic heterocycles. The van der Waals surface area contributed by atoms with Crippen molar-refractivity contribution in [1.29, 1.82) is 0 Å². The Balaban J connectivity index is 1.79. The normalized spacial score (nSPS) is 40.7. The van der Waals surface area contributed by atoms with Crippen molar-refractivity contribution in [3.05, 3.63) is 11.8 Å². The highest BCUT2D eigenvalue weighted by Gasteiger charge is 2.51. The molecule has 0 spiro atoms. The van der Waals surface area contributed by atoms with Gasteiger partial charge in [-0.2, -0.15) is 0 Å². The molecule has 1 saturated carbocycles. The van der Waals surface area contributed by atoms with Gasteiger partial charge in [0.25, 0.3) is 0 Å². The summed E-state index contributed by atoms with van der Waals surface area (Å²) in [6.45, 7) is 2.31. The first-order chi connectivity index (χ1) is 19.9. The van der Waals surface area contributed by atoms with Crippen molar-refractivity contribution in [2.24, 2.45) is 28.9 Å². The molecule has 13 atom stereocenters. The number of hydrogen-bond acceptors (Lipinski definition) is 15. The largest absolute Gasteiger partial charge is 0.467 e. The second kappa shape index (κ2) is 16.3. The molecular formula is C27H54N6O9. The Morgan fingerprint density at radius 1 is 1.07 bits per heavy atom. The zero-order valence-corrected chi connectivity index (χ0v) is 24.8. The molecule has 1 aliphatic carbocycles. The highest BCUT2D eigenvalue weighted by Crippen LogP contribution is 2.36. The fraction of sp³-hybridized carbons (Fsp3) is 0.926. The van der Waals surface area contributed by atoms with Crippen LogP contribution in [-0.4, -0.2) is 138 Å². The fourth-order valence-electron chi connectivity index (χ4n) is 6.06. The maximum Gasteiger partial charge on any atom is 0.215 e. The van der Waals surface area contributed by atoms with Crippen LogP contribution < -0.4 is 33.6 Å². The second-order valence-corrected chi connectivity index (χ2v) is 12.0. The average molecular weight is 607 g/mol. The summed E-state index contributed by atoms with van der Waals surface area (Å²) in [5.74, 6) is 0.208. The van der Waals surface area contributed by atoms with E-state index in [1.165, 1.54) is 0 Å². The second-order valence-electron chi connectivity index (χ2n) is 12.0. The van der Waals surface area contributed by atoms with Crippen LogP contribution in [0.15, 0.2) is 11.8 Å². The van der Waals surface area contributed by atoms with E-state index >= 15 is 0 Å². The first kappa shape index (κ1) is 35.5. The number of hydrogen-bond donors (Lipinski definition) is 11. The Bertz CT molecular complexity index is 842. The van der Waals surface area contributed by atoms with E-state index in [0.717, 1.165) is 0 Å². The number of aliphatic hydroxyl groups excluding tert-OH is 4. The van der Waals surface area contributed by atoms with Crippen LogP contribution in [0.4, 0.5) is 0 Å². The summed E-state index contributed by atoms with van der Waals surface area (Å²) < 4.78 is 24.3. The molecular weight excluding hydrogens is 552 g/mol. The van der Waals surface area contributed by atoms with Crippen LogP contribution in [0.25, 0.3) is 0 Å². The third-order valence-electron chi connectivity index (χ3n) is 8.51. The lowest BCUT2D eigenvalue weighted by molar-refractivity contribution is -0.309. The molecule has 1 saturated heterocycles. The summed E-state index contributed by atoms with van der Waals surface area (Å²) in [5, 5.41) is 59.8. The third-order valence-corrected chi connectivity index (χ3v) is 8.51. The lowest BCUT2D eigenvalue weighted by atomic mass is 9.77. The quantitative estimate of drug-likeness (QED) is 0.0845. The van der Waals surface area contributed by atoms with Crippen LogP contribution in [0.3, 0.4) is 0 Å². The minimum absolute atomic E-state index is 0.0896. The Hall–Kier alpha value is -1.02. The molecule has 246 valence electrons. The molecule has 0 aromatic carbocycles. The van der Waals surface area contributed by atoms with Crippen LogP contribution in [-0.2, 0) is 18.9 Å². The summed E-state index contributed by atoms with van der Waals surface area (Å²) in [6.07, 6.45) is -3.78. The first-order valence-corrected chi connectivity index (χ1v) is 14.9. The van der Waals surface area contributed by atoms with Crippen molar-refractivity contribution in [1.82, 2.24) is 10.6 Å². The van der Waals surface area contributed by atoms with E-state index in [4.69, 9.17) is 41.9 Å². The molecule has 3 unspecified atom stereocenters. The minimum Gasteiger partial charge on any atom is -0.467 e. The standard InChI is InChI=1S/C27H54N6O9/c1-27(38)13-39-26(21(37)24(27)32-2)41-22-14(3-4-15(34)10-29)9-18(31)23(20(22)36)42-25-19(6-5-17(11-30)40-25)33-12-16(35)7-8-28/h5,14-16,18-26,32-38H,3-4,6-13,28-31H2,1-2H3/t14-,15?,16?,18+,19-,20-,21-,22+,23?,24-,25-,26-,27+/m1/s1. The maximum absolute atomic E-state index is 11.7. The van der Waals surface area contributed by atoms with Crippen molar-refractivity contribution >= 4 is 0 Å². The van der Waals surface area contributed by atoms with Crippen molar-refractivity contribution in [3.8, 4) is 0 Å². The van der Waals surface area contributed by atoms with Crippen molar-refractivity contribution in [2.75, 3.05) is 39.8 Å². The average Bonchev–Trinajstić information content (AvgIpc) is 2.96. The monoisotopic (exact) mass is 606 g/mol. The van der Waals surface area contributed by atoms with Gasteiger partial charge in [0.1, 0.15) is 29.7 Å². The molecule has 0 radical (unpaired) electrons. The summed E-state index contributed by atoms with van der Waals surface area (Å²) >= 11 is 0. The van der Waals surface area contributed by atoms with Gasteiger partial charge in [-0.3, -0.25) is 0 Å². The van der Waals surface area contributed by atoms with E-state index in [0.29, 0.717) is 44.4 Å².